The molecule has 2 heterocycles. The quantitative estimate of drug-likeness (QED) is 0.603. The molecule has 5 heteroatoms. The molecule has 0 spiro atoms. The normalized spacial score (nSPS) is 19.5. The minimum absolute atomic E-state index is 0.170. The maximum Gasteiger partial charge on any atom is 0.306 e. The summed E-state index contributed by atoms with van der Waals surface area (Å²) in [4.78, 5) is 18.2. The van der Waals surface area contributed by atoms with Crippen molar-refractivity contribution in [1.82, 2.24) is 9.88 Å². The first-order chi connectivity index (χ1) is 16.1. The van der Waals surface area contributed by atoms with Gasteiger partial charge in [0.05, 0.1) is 5.92 Å². The van der Waals surface area contributed by atoms with Gasteiger partial charge in [-0.3, -0.25) is 9.69 Å². The third kappa shape index (κ3) is 5.08. The SMILES string of the molecule is O=C(O)C1CC(N2CCc3nc(C#Cc4ccc(OCc5ccccc5)cc4)ccc3C2)C1. The largest absolute Gasteiger partial charge is 0.489 e. The van der Waals surface area contributed by atoms with E-state index in [1.165, 1.54) is 5.56 Å². The maximum absolute atomic E-state index is 11.1. The van der Waals surface area contributed by atoms with E-state index in [-0.39, 0.29) is 5.92 Å². The summed E-state index contributed by atoms with van der Waals surface area (Å²) < 4.78 is 5.83. The van der Waals surface area contributed by atoms with Crippen molar-refractivity contribution >= 4 is 5.97 Å². The van der Waals surface area contributed by atoms with Crippen LogP contribution in [0.5, 0.6) is 5.75 Å². The second kappa shape index (κ2) is 9.48. The van der Waals surface area contributed by atoms with Crippen LogP contribution < -0.4 is 4.74 Å². The number of carboxylic acids is 1. The number of hydrogen-bond donors (Lipinski definition) is 1. The van der Waals surface area contributed by atoms with E-state index in [1.54, 1.807) is 0 Å². The summed E-state index contributed by atoms with van der Waals surface area (Å²) in [5, 5.41) is 9.10. The third-order valence-electron chi connectivity index (χ3n) is 6.49. The molecule has 2 aliphatic rings. The van der Waals surface area contributed by atoms with Crippen LogP contribution in [0.25, 0.3) is 0 Å². The van der Waals surface area contributed by atoms with Crippen molar-refractivity contribution in [3.63, 3.8) is 0 Å². The summed E-state index contributed by atoms with van der Waals surface area (Å²) in [6.45, 7) is 2.32. The molecule has 166 valence electrons. The fourth-order valence-electron chi connectivity index (χ4n) is 4.42. The first-order valence-electron chi connectivity index (χ1n) is 11.4. The van der Waals surface area contributed by atoms with Crippen LogP contribution in [-0.2, 0) is 24.4 Å². The Kier molecular flexibility index (Phi) is 6.10. The van der Waals surface area contributed by atoms with E-state index in [2.05, 4.69) is 22.8 Å². The molecule has 1 saturated carbocycles. The molecule has 33 heavy (non-hydrogen) atoms. The highest BCUT2D eigenvalue weighted by atomic mass is 16.5. The van der Waals surface area contributed by atoms with Crippen LogP contribution in [0.4, 0.5) is 0 Å². The molecular weight excluding hydrogens is 412 g/mol. The number of carboxylic acid groups (broad SMARTS) is 1. The standard InChI is InChI=1S/C28H26N2O3/c31-28(32)23-16-25(17-23)30-15-14-27-22(18-30)9-11-24(29-27)10-6-20-7-12-26(13-8-20)33-19-21-4-2-1-3-5-21/h1-5,7-9,11-13,23,25H,14-19H2,(H,31,32). The number of hydrogen-bond acceptors (Lipinski definition) is 4. The highest BCUT2D eigenvalue weighted by Crippen LogP contribution is 2.34. The second-order valence-corrected chi connectivity index (χ2v) is 8.73. The van der Waals surface area contributed by atoms with E-state index in [9.17, 15) is 4.79 Å². The van der Waals surface area contributed by atoms with Gasteiger partial charge in [0.15, 0.2) is 0 Å². The van der Waals surface area contributed by atoms with Gasteiger partial charge in [0.1, 0.15) is 18.1 Å². The zero-order valence-corrected chi connectivity index (χ0v) is 18.4. The van der Waals surface area contributed by atoms with Crippen molar-refractivity contribution in [2.24, 2.45) is 5.92 Å². The average Bonchev–Trinajstić information content (AvgIpc) is 2.81. The molecule has 0 saturated heterocycles. The molecular formula is C28H26N2O3. The molecule has 1 aromatic heterocycles. The Labute approximate surface area is 194 Å². The molecule has 2 aromatic carbocycles. The van der Waals surface area contributed by atoms with Crippen molar-refractivity contribution in [2.45, 2.75) is 38.5 Å². The molecule has 3 aromatic rings. The molecule has 0 radical (unpaired) electrons. The molecule has 0 amide bonds. The number of carbonyl (C=O) groups is 1. The topological polar surface area (TPSA) is 62.7 Å². The monoisotopic (exact) mass is 438 g/mol. The first-order valence-corrected chi connectivity index (χ1v) is 11.4. The Morgan fingerprint density at radius 2 is 1.82 bits per heavy atom. The van der Waals surface area contributed by atoms with Gasteiger partial charge in [-0.25, -0.2) is 4.98 Å². The Hall–Kier alpha value is -3.62. The number of benzene rings is 2. The van der Waals surface area contributed by atoms with Gasteiger partial charge in [-0.2, -0.15) is 0 Å². The Morgan fingerprint density at radius 3 is 2.58 bits per heavy atom. The molecule has 0 bridgehead atoms. The molecule has 0 unspecified atom stereocenters. The number of aromatic nitrogens is 1. The van der Waals surface area contributed by atoms with Gasteiger partial charge in [0.2, 0.25) is 0 Å². The number of fused-ring (bicyclic) bond motifs is 1. The first kappa shape index (κ1) is 21.2. The van der Waals surface area contributed by atoms with Crippen molar-refractivity contribution < 1.29 is 14.6 Å². The van der Waals surface area contributed by atoms with Gasteiger partial charge < -0.3 is 9.84 Å². The number of ether oxygens (including phenoxy) is 1. The van der Waals surface area contributed by atoms with Gasteiger partial charge >= 0.3 is 5.97 Å². The van der Waals surface area contributed by atoms with Crippen LogP contribution in [0.3, 0.4) is 0 Å². The molecule has 0 atom stereocenters. The fraction of sp³-hybridized carbons (Fsp3) is 0.286. The summed E-state index contributed by atoms with van der Waals surface area (Å²) in [6.07, 6.45) is 2.40. The van der Waals surface area contributed by atoms with Gasteiger partial charge in [0, 0.05) is 36.8 Å². The van der Waals surface area contributed by atoms with Crippen LogP contribution >= 0.6 is 0 Å². The van der Waals surface area contributed by atoms with E-state index in [4.69, 9.17) is 14.8 Å². The minimum atomic E-state index is -0.664. The summed E-state index contributed by atoms with van der Waals surface area (Å²) in [5.41, 5.74) is 5.18. The van der Waals surface area contributed by atoms with Crippen molar-refractivity contribution in [2.75, 3.05) is 6.54 Å². The Balaban J connectivity index is 1.18. The van der Waals surface area contributed by atoms with E-state index in [0.29, 0.717) is 12.6 Å². The zero-order valence-electron chi connectivity index (χ0n) is 18.4. The van der Waals surface area contributed by atoms with E-state index >= 15 is 0 Å². The predicted molar refractivity (Wildman–Crippen MR) is 126 cm³/mol. The lowest BCUT2D eigenvalue weighted by Crippen LogP contribution is -2.48. The smallest absolute Gasteiger partial charge is 0.306 e. The lowest BCUT2D eigenvalue weighted by molar-refractivity contribution is -0.147. The minimum Gasteiger partial charge on any atom is -0.489 e. The van der Waals surface area contributed by atoms with Gasteiger partial charge in [-0.15, -0.1) is 0 Å². The highest BCUT2D eigenvalue weighted by Gasteiger charge is 2.38. The molecule has 5 nitrogen and oxygen atoms in total. The number of aliphatic carboxylic acids is 1. The summed E-state index contributed by atoms with van der Waals surface area (Å²) >= 11 is 0. The second-order valence-electron chi connectivity index (χ2n) is 8.73. The van der Waals surface area contributed by atoms with Crippen molar-refractivity contribution in [1.29, 1.82) is 0 Å². The van der Waals surface area contributed by atoms with Crippen LogP contribution in [0.2, 0.25) is 0 Å². The van der Waals surface area contributed by atoms with Gasteiger partial charge in [0.25, 0.3) is 0 Å². The maximum atomic E-state index is 11.1. The highest BCUT2D eigenvalue weighted by molar-refractivity contribution is 5.71. The van der Waals surface area contributed by atoms with E-state index in [1.807, 2.05) is 60.7 Å². The zero-order chi connectivity index (χ0) is 22.6. The number of nitrogens with zero attached hydrogens (tertiary/aromatic N) is 2. The van der Waals surface area contributed by atoms with Crippen molar-refractivity contribution in [3.8, 4) is 17.6 Å². The third-order valence-corrected chi connectivity index (χ3v) is 6.49. The van der Waals surface area contributed by atoms with Crippen LogP contribution in [0.1, 0.15) is 40.9 Å². The summed E-state index contributed by atoms with van der Waals surface area (Å²) in [5.74, 6) is 6.37. The fourth-order valence-corrected chi connectivity index (χ4v) is 4.42. The van der Waals surface area contributed by atoms with E-state index < -0.39 is 5.97 Å². The van der Waals surface area contributed by atoms with Crippen LogP contribution in [0.15, 0.2) is 66.7 Å². The Bertz CT molecular complexity index is 1190. The van der Waals surface area contributed by atoms with Gasteiger partial charge in [-0.1, -0.05) is 42.3 Å². The average molecular weight is 439 g/mol. The predicted octanol–water partition coefficient (Wildman–Crippen LogP) is 4.28. The molecule has 1 aliphatic heterocycles. The Morgan fingerprint density at radius 1 is 1.03 bits per heavy atom. The molecule has 1 fully saturated rings. The van der Waals surface area contributed by atoms with Gasteiger partial charge in [-0.05, 0) is 60.2 Å². The molecule has 5 rings (SSSR count). The summed E-state index contributed by atoms with van der Waals surface area (Å²) in [6, 6.07) is 22.4. The lowest BCUT2D eigenvalue weighted by Gasteiger charge is -2.43. The van der Waals surface area contributed by atoms with E-state index in [0.717, 1.165) is 60.6 Å². The molecule has 1 aliphatic carbocycles. The molecule has 1 N–H and O–H groups in total. The van der Waals surface area contributed by atoms with Crippen LogP contribution in [0, 0.1) is 17.8 Å². The van der Waals surface area contributed by atoms with Crippen molar-refractivity contribution in [3.05, 3.63) is 94.8 Å². The number of pyridine rings is 1. The lowest BCUT2D eigenvalue weighted by atomic mass is 9.78. The van der Waals surface area contributed by atoms with Crippen LogP contribution in [-0.4, -0.2) is 33.5 Å². The number of rotatable bonds is 5. The summed E-state index contributed by atoms with van der Waals surface area (Å²) in [7, 11) is 0.